The van der Waals surface area contributed by atoms with Crippen molar-refractivity contribution in [2.45, 2.75) is 13.1 Å². The Kier molecular flexibility index (Phi) is 4.35. The molecule has 3 rings (SSSR count). The zero-order chi connectivity index (χ0) is 13.6. The molecule has 0 saturated carbocycles. The lowest BCUT2D eigenvalue weighted by Gasteiger charge is -2.34. The first-order valence-corrected chi connectivity index (χ1v) is 7.08. The van der Waals surface area contributed by atoms with Crippen LogP contribution in [0.5, 0.6) is 0 Å². The molecule has 6 nitrogen and oxygen atoms in total. The minimum Gasteiger partial charge on any atom is -0.299 e. The largest absolute Gasteiger partial charge is 0.299 e. The molecule has 1 aliphatic rings. The predicted molar refractivity (Wildman–Crippen MR) is 76.0 cm³/mol. The molecule has 0 radical (unpaired) electrons. The van der Waals surface area contributed by atoms with Crippen LogP contribution in [0.25, 0.3) is 0 Å². The normalized spacial score (nSPS) is 17.4. The number of piperazine rings is 1. The highest BCUT2D eigenvalue weighted by Crippen LogP contribution is 2.07. The SMILES string of the molecule is c1cc(CN2CCN(CCn3nccn3)CC2)ccn1. The van der Waals surface area contributed by atoms with Gasteiger partial charge in [-0.15, -0.1) is 0 Å². The average molecular weight is 272 g/mol. The van der Waals surface area contributed by atoms with Gasteiger partial charge in [0.15, 0.2) is 0 Å². The first kappa shape index (κ1) is 13.2. The molecule has 0 unspecified atom stereocenters. The monoisotopic (exact) mass is 272 g/mol. The second-order valence-electron chi connectivity index (χ2n) is 5.10. The number of hydrogen-bond acceptors (Lipinski definition) is 5. The smallest absolute Gasteiger partial charge is 0.0734 e. The quantitative estimate of drug-likeness (QED) is 0.793. The second-order valence-corrected chi connectivity index (χ2v) is 5.10. The fourth-order valence-electron chi connectivity index (χ4n) is 2.51. The van der Waals surface area contributed by atoms with Gasteiger partial charge in [-0.3, -0.25) is 14.8 Å². The van der Waals surface area contributed by atoms with Crippen LogP contribution in [0.2, 0.25) is 0 Å². The minimum absolute atomic E-state index is 0.872. The van der Waals surface area contributed by atoms with Gasteiger partial charge in [-0.05, 0) is 17.7 Å². The summed E-state index contributed by atoms with van der Waals surface area (Å²) in [7, 11) is 0. The number of rotatable bonds is 5. The predicted octanol–water partition coefficient (Wildman–Crippen LogP) is 0.491. The van der Waals surface area contributed by atoms with E-state index < -0.39 is 0 Å². The molecular weight excluding hydrogens is 252 g/mol. The van der Waals surface area contributed by atoms with Crippen LogP contribution in [0.4, 0.5) is 0 Å². The standard InChI is InChI=1S/C14H20N6/c1-3-15-4-2-14(1)13-19-9-7-18(8-10-19)11-12-20-16-5-6-17-20/h1-6H,7-13H2. The Bertz CT molecular complexity index is 490. The highest BCUT2D eigenvalue weighted by Gasteiger charge is 2.16. The first-order chi connectivity index (χ1) is 9.90. The van der Waals surface area contributed by atoms with E-state index in [0.29, 0.717) is 0 Å². The van der Waals surface area contributed by atoms with E-state index >= 15 is 0 Å². The van der Waals surface area contributed by atoms with E-state index in [2.05, 4.69) is 37.1 Å². The van der Waals surface area contributed by atoms with Crippen LogP contribution in [-0.2, 0) is 13.1 Å². The fraction of sp³-hybridized carbons (Fsp3) is 0.500. The molecule has 2 aromatic rings. The van der Waals surface area contributed by atoms with Crippen LogP contribution in [0.15, 0.2) is 36.9 Å². The molecule has 6 heteroatoms. The van der Waals surface area contributed by atoms with Crippen molar-refractivity contribution < 1.29 is 0 Å². The molecule has 0 spiro atoms. The van der Waals surface area contributed by atoms with Crippen molar-refractivity contribution >= 4 is 0 Å². The molecule has 0 atom stereocenters. The van der Waals surface area contributed by atoms with Crippen LogP contribution < -0.4 is 0 Å². The number of hydrogen-bond donors (Lipinski definition) is 0. The van der Waals surface area contributed by atoms with Gasteiger partial charge in [0, 0.05) is 51.7 Å². The molecular formula is C14H20N6. The maximum absolute atomic E-state index is 4.13. The zero-order valence-electron chi connectivity index (χ0n) is 11.6. The van der Waals surface area contributed by atoms with Crippen molar-refractivity contribution in [1.82, 2.24) is 29.8 Å². The molecule has 20 heavy (non-hydrogen) atoms. The fourth-order valence-corrected chi connectivity index (χ4v) is 2.51. The Morgan fingerprint density at radius 3 is 2.15 bits per heavy atom. The van der Waals surface area contributed by atoms with E-state index in [4.69, 9.17) is 0 Å². The maximum atomic E-state index is 4.13. The highest BCUT2D eigenvalue weighted by molar-refractivity contribution is 5.09. The van der Waals surface area contributed by atoms with Gasteiger partial charge in [0.25, 0.3) is 0 Å². The summed E-state index contributed by atoms with van der Waals surface area (Å²) < 4.78 is 0. The van der Waals surface area contributed by atoms with Gasteiger partial charge in [-0.1, -0.05) is 0 Å². The Morgan fingerprint density at radius 2 is 1.45 bits per heavy atom. The molecule has 1 fully saturated rings. The van der Waals surface area contributed by atoms with Crippen LogP contribution in [0, 0.1) is 0 Å². The number of nitrogens with zero attached hydrogens (tertiary/aromatic N) is 6. The average Bonchev–Trinajstić information content (AvgIpc) is 3.01. The summed E-state index contributed by atoms with van der Waals surface area (Å²) in [6.45, 7) is 7.40. The molecule has 0 bridgehead atoms. The van der Waals surface area contributed by atoms with Crippen molar-refractivity contribution in [3.05, 3.63) is 42.5 Å². The summed E-state index contributed by atoms with van der Waals surface area (Å²) >= 11 is 0. The summed E-state index contributed by atoms with van der Waals surface area (Å²) in [4.78, 5) is 10.8. The van der Waals surface area contributed by atoms with Crippen molar-refractivity contribution in [3.63, 3.8) is 0 Å². The van der Waals surface area contributed by atoms with Crippen molar-refractivity contribution in [1.29, 1.82) is 0 Å². The summed E-state index contributed by atoms with van der Waals surface area (Å²) in [5.74, 6) is 0. The molecule has 0 amide bonds. The van der Waals surface area contributed by atoms with Gasteiger partial charge in [0.05, 0.1) is 18.9 Å². The molecule has 0 aromatic carbocycles. The van der Waals surface area contributed by atoms with Crippen LogP contribution in [0.3, 0.4) is 0 Å². The second kappa shape index (κ2) is 6.58. The lowest BCUT2D eigenvalue weighted by atomic mass is 10.2. The Hall–Kier alpha value is -1.79. The Morgan fingerprint density at radius 1 is 0.800 bits per heavy atom. The molecule has 2 aromatic heterocycles. The summed E-state index contributed by atoms with van der Waals surface area (Å²) in [6, 6.07) is 4.19. The Labute approximate surface area is 119 Å². The van der Waals surface area contributed by atoms with Gasteiger partial charge in [0.2, 0.25) is 0 Å². The number of pyridine rings is 1. The van der Waals surface area contributed by atoms with Gasteiger partial charge < -0.3 is 0 Å². The Balaban J connectivity index is 1.40. The van der Waals surface area contributed by atoms with Crippen molar-refractivity contribution in [2.24, 2.45) is 0 Å². The minimum atomic E-state index is 0.872. The van der Waals surface area contributed by atoms with Gasteiger partial charge in [-0.2, -0.15) is 15.0 Å². The van der Waals surface area contributed by atoms with E-state index in [1.807, 2.05) is 12.4 Å². The van der Waals surface area contributed by atoms with E-state index in [9.17, 15) is 0 Å². The van der Waals surface area contributed by atoms with Gasteiger partial charge in [-0.25, -0.2) is 0 Å². The van der Waals surface area contributed by atoms with Gasteiger partial charge >= 0.3 is 0 Å². The maximum Gasteiger partial charge on any atom is 0.0734 e. The van der Waals surface area contributed by atoms with Crippen LogP contribution in [-0.4, -0.2) is 62.5 Å². The summed E-state index contributed by atoms with van der Waals surface area (Å²) in [5.41, 5.74) is 1.34. The first-order valence-electron chi connectivity index (χ1n) is 7.08. The molecule has 1 saturated heterocycles. The zero-order valence-corrected chi connectivity index (χ0v) is 11.6. The lowest BCUT2D eigenvalue weighted by molar-refractivity contribution is 0.122. The molecule has 106 valence electrons. The van der Waals surface area contributed by atoms with E-state index in [1.165, 1.54) is 5.56 Å². The highest BCUT2D eigenvalue weighted by atomic mass is 15.5. The molecule has 3 heterocycles. The van der Waals surface area contributed by atoms with E-state index in [1.54, 1.807) is 17.2 Å². The van der Waals surface area contributed by atoms with Crippen LogP contribution >= 0.6 is 0 Å². The molecule has 0 N–H and O–H groups in total. The van der Waals surface area contributed by atoms with E-state index in [-0.39, 0.29) is 0 Å². The third-order valence-electron chi connectivity index (χ3n) is 3.70. The molecule has 0 aliphatic carbocycles. The third kappa shape index (κ3) is 3.61. The lowest BCUT2D eigenvalue weighted by Crippen LogP contribution is -2.46. The topological polar surface area (TPSA) is 50.1 Å². The van der Waals surface area contributed by atoms with Crippen molar-refractivity contribution in [2.75, 3.05) is 32.7 Å². The number of aromatic nitrogens is 4. The van der Waals surface area contributed by atoms with Crippen molar-refractivity contribution in [3.8, 4) is 0 Å². The van der Waals surface area contributed by atoms with Crippen LogP contribution in [0.1, 0.15) is 5.56 Å². The molecule has 1 aliphatic heterocycles. The van der Waals surface area contributed by atoms with Gasteiger partial charge in [0.1, 0.15) is 0 Å². The van der Waals surface area contributed by atoms with E-state index in [0.717, 1.165) is 45.8 Å². The summed E-state index contributed by atoms with van der Waals surface area (Å²) in [6.07, 6.45) is 7.19. The summed E-state index contributed by atoms with van der Waals surface area (Å²) in [5, 5.41) is 8.27. The third-order valence-corrected chi connectivity index (χ3v) is 3.70.